The van der Waals surface area contributed by atoms with Crippen LogP contribution in [0.25, 0.3) is 10.2 Å². The number of thiazole rings is 1. The summed E-state index contributed by atoms with van der Waals surface area (Å²) < 4.78 is 19.3. The van der Waals surface area contributed by atoms with Crippen molar-refractivity contribution in [2.24, 2.45) is 0 Å². The number of aromatic nitrogens is 1. The second-order valence-corrected chi connectivity index (χ2v) is 5.31. The molecule has 3 rings (SSSR count). The first-order chi connectivity index (χ1) is 10.2. The Balaban J connectivity index is 1.97. The molecule has 21 heavy (non-hydrogen) atoms. The topological polar surface area (TPSA) is 57.9 Å². The van der Waals surface area contributed by atoms with Crippen LogP contribution in [0.2, 0.25) is 0 Å². The lowest BCUT2D eigenvalue weighted by Gasteiger charge is -2.04. The molecule has 0 aliphatic rings. The normalized spacial score (nSPS) is 10.3. The maximum absolute atomic E-state index is 13.1. The molecule has 3 aromatic rings. The van der Waals surface area contributed by atoms with Crippen molar-refractivity contribution >= 4 is 32.4 Å². The molecule has 0 bridgehead atoms. The minimum Gasteiger partial charge on any atom is -0.497 e. The van der Waals surface area contributed by atoms with Gasteiger partial charge in [-0.2, -0.15) is 5.26 Å². The van der Waals surface area contributed by atoms with Crippen molar-refractivity contribution in [1.29, 1.82) is 5.26 Å². The molecule has 6 heteroatoms. The first-order valence-corrected chi connectivity index (χ1v) is 6.92. The maximum Gasteiger partial charge on any atom is 0.188 e. The van der Waals surface area contributed by atoms with Crippen LogP contribution in [0.3, 0.4) is 0 Å². The van der Waals surface area contributed by atoms with E-state index in [9.17, 15) is 4.39 Å². The fourth-order valence-electron chi connectivity index (χ4n) is 1.92. The van der Waals surface area contributed by atoms with Gasteiger partial charge in [-0.3, -0.25) is 0 Å². The summed E-state index contributed by atoms with van der Waals surface area (Å²) in [7, 11) is 1.61. The van der Waals surface area contributed by atoms with Crippen LogP contribution in [-0.4, -0.2) is 12.1 Å². The predicted octanol–water partition coefficient (Wildman–Crippen LogP) is 4.06. The average Bonchev–Trinajstić information content (AvgIpc) is 2.90. The average molecular weight is 299 g/mol. The Hall–Kier alpha value is -2.65. The maximum atomic E-state index is 13.1. The van der Waals surface area contributed by atoms with Gasteiger partial charge in [0.25, 0.3) is 0 Å². The van der Waals surface area contributed by atoms with Crippen molar-refractivity contribution < 1.29 is 9.13 Å². The molecule has 0 unspecified atom stereocenters. The van der Waals surface area contributed by atoms with Crippen molar-refractivity contribution in [2.75, 3.05) is 12.4 Å². The van der Waals surface area contributed by atoms with Crippen molar-refractivity contribution in [3.8, 4) is 11.8 Å². The monoisotopic (exact) mass is 299 g/mol. The smallest absolute Gasteiger partial charge is 0.188 e. The summed E-state index contributed by atoms with van der Waals surface area (Å²) in [4.78, 5) is 4.43. The molecule has 0 saturated heterocycles. The van der Waals surface area contributed by atoms with Gasteiger partial charge >= 0.3 is 0 Å². The molecule has 0 aliphatic heterocycles. The van der Waals surface area contributed by atoms with E-state index in [1.165, 1.54) is 29.5 Å². The molecule has 0 radical (unpaired) electrons. The fraction of sp³-hybridized carbons (Fsp3) is 0.0667. The third-order valence-electron chi connectivity index (χ3n) is 2.94. The van der Waals surface area contributed by atoms with Gasteiger partial charge < -0.3 is 10.1 Å². The molecule has 0 fully saturated rings. The molecule has 1 heterocycles. The molecule has 0 aliphatic carbocycles. The van der Waals surface area contributed by atoms with E-state index in [1.807, 2.05) is 24.3 Å². The highest BCUT2D eigenvalue weighted by atomic mass is 32.1. The van der Waals surface area contributed by atoms with Gasteiger partial charge in [0.2, 0.25) is 0 Å². The van der Waals surface area contributed by atoms with Crippen LogP contribution in [0.15, 0.2) is 36.4 Å². The van der Waals surface area contributed by atoms with E-state index in [2.05, 4.69) is 10.3 Å². The number of rotatable bonds is 3. The van der Waals surface area contributed by atoms with E-state index < -0.39 is 5.82 Å². The summed E-state index contributed by atoms with van der Waals surface area (Å²) in [5.74, 6) is 0.323. The van der Waals surface area contributed by atoms with Crippen LogP contribution in [-0.2, 0) is 0 Å². The van der Waals surface area contributed by atoms with E-state index in [0.29, 0.717) is 10.8 Å². The highest BCUT2D eigenvalue weighted by Gasteiger charge is 2.08. The Morgan fingerprint density at radius 2 is 2.14 bits per heavy atom. The summed E-state index contributed by atoms with van der Waals surface area (Å²) in [6.07, 6.45) is 0. The number of hydrogen-bond donors (Lipinski definition) is 1. The first kappa shape index (κ1) is 13.3. The molecular weight excluding hydrogens is 289 g/mol. The van der Waals surface area contributed by atoms with Crippen LogP contribution >= 0.6 is 11.3 Å². The quantitative estimate of drug-likeness (QED) is 0.792. The first-order valence-electron chi connectivity index (χ1n) is 6.11. The van der Waals surface area contributed by atoms with Crippen molar-refractivity contribution in [2.45, 2.75) is 0 Å². The largest absolute Gasteiger partial charge is 0.497 e. The van der Waals surface area contributed by atoms with E-state index >= 15 is 0 Å². The number of nitrogens with zero attached hydrogens (tertiary/aromatic N) is 2. The van der Waals surface area contributed by atoms with Crippen LogP contribution in [0.4, 0.5) is 15.2 Å². The highest BCUT2D eigenvalue weighted by Crippen LogP contribution is 2.31. The molecule has 0 saturated carbocycles. The number of hydrogen-bond acceptors (Lipinski definition) is 5. The molecule has 0 amide bonds. The molecule has 1 N–H and O–H groups in total. The Labute approximate surface area is 124 Å². The van der Waals surface area contributed by atoms with Gasteiger partial charge in [-0.1, -0.05) is 11.3 Å². The lowest BCUT2D eigenvalue weighted by Crippen LogP contribution is -1.93. The summed E-state index contributed by atoms with van der Waals surface area (Å²) >= 11 is 1.44. The highest BCUT2D eigenvalue weighted by molar-refractivity contribution is 7.22. The third-order valence-corrected chi connectivity index (χ3v) is 3.87. The molecule has 4 nitrogen and oxygen atoms in total. The summed E-state index contributed by atoms with van der Waals surface area (Å²) in [6, 6.07) is 11.6. The van der Waals surface area contributed by atoms with Gasteiger partial charge in [0.05, 0.1) is 28.6 Å². The standard InChI is InChI=1S/C15H10FN3OS/c1-20-11-3-5-13-14(7-11)21-15(19-13)18-12-4-2-10(16)6-9(12)8-17/h2-7H,1H3,(H,18,19). The van der Waals surface area contributed by atoms with E-state index in [0.717, 1.165) is 16.0 Å². The number of nitrogens with one attached hydrogen (secondary N) is 1. The van der Waals surface area contributed by atoms with Gasteiger partial charge in [-0.25, -0.2) is 9.37 Å². The van der Waals surface area contributed by atoms with Gasteiger partial charge in [-0.05, 0) is 36.4 Å². The van der Waals surface area contributed by atoms with Crippen LogP contribution < -0.4 is 10.1 Å². The van der Waals surface area contributed by atoms with Gasteiger partial charge in [0, 0.05) is 0 Å². The third kappa shape index (κ3) is 2.64. The van der Waals surface area contributed by atoms with E-state index in [-0.39, 0.29) is 5.56 Å². The van der Waals surface area contributed by atoms with Crippen LogP contribution in [0.5, 0.6) is 5.75 Å². The lowest BCUT2D eigenvalue weighted by molar-refractivity contribution is 0.415. The van der Waals surface area contributed by atoms with E-state index in [4.69, 9.17) is 10.00 Å². The van der Waals surface area contributed by atoms with Gasteiger partial charge in [0.15, 0.2) is 5.13 Å². The summed E-state index contributed by atoms with van der Waals surface area (Å²) in [5, 5.41) is 12.7. The molecular formula is C15H10FN3OS. The number of nitriles is 1. The van der Waals surface area contributed by atoms with Crippen LogP contribution in [0, 0.1) is 17.1 Å². The summed E-state index contributed by atoms with van der Waals surface area (Å²) in [5.41, 5.74) is 1.61. The Kier molecular flexibility index (Phi) is 3.42. The fourth-order valence-corrected chi connectivity index (χ4v) is 2.83. The second kappa shape index (κ2) is 5.38. The number of fused-ring (bicyclic) bond motifs is 1. The summed E-state index contributed by atoms with van der Waals surface area (Å²) in [6.45, 7) is 0. The molecule has 0 spiro atoms. The second-order valence-electron chi connectivity index (χ2n) is 4.28. The Morgan fingerprint density at radius 3 is 2.90 bits per heavy atom. The van der Waals surface area contributed by atoms with Crippen molar-refractivity contribution in [3.05, 3.63) is 47.8 Å². The molecule has 0 atom stereocenters. The van der Waals surface area contributed by atoms with Gasteiger partial charge in [-0.15, -0.1) is 0 Å². The van der Waals surface area contributed by atoms with Crippen LogP contribution in [0.1, 0.15) is 5.56 Å². The molecule has 2 aromatic carbocycles. The minimum absolute atomic E-state index is 0.242. The predicted molar refractivity (Wildman–Crippen MR) is 80.6 cm³/mol. The lowest BCUT2D eigenvalue weighted by atomic mass is 10.2. The Morgan fingerprint density at radius 1 is 1.29 bits per heavy atom. The zero-order valence-electron chi connectivity index (χ0n) is 11.1. The molecule has 104 valence electrons. The van der Waals surface area contributed by atoms with Crippen molar-refractivity contribution in [3.63, 3.8) is 0 Å². The zero-order valence-corrected chi connectivity index (χ0v) is 11.9. The van der Waals surface area contributed by atoms with E-state index in [1.54, 1.807) is 7.11 Å². The SMILES string of the molecule is COc1ccc2nc(Nc3ccc(F)cc3C#N)sc2c1. The number of methoxy groups -OCH3 is 1. The van der Waals surface area contributed by atoms with Gasteiger partial charge in [0.1, 0.15) is 17.6 Å². The minimum atomic E-state index is -0.439. The molecule has 1 aromatic heterocycles. The number of halogens is 1. The number of benzene rings is 2. The van der Waals surface area contributed by atoms with Crippen molar-refractivity contribution in [1.82, 2.24) is 4.98 Å². The number of anilines is 2. The Bertz CT molecular complexity index is 854. The zero-order chi connectivity index (χ0) is 14.8. The number of ether oxygens (including phenoxy) is 1.